The van der Waals surface area contributed by atoms with Crippen LogP contribution < -0.4 is 14.8 Å². The second-order valence-corrected chi connectivity index (χ2v) is 7.40. The molecule has 0 saturated carbocycles. The second kappa shape index (κ2) is 8.54. The van der Waals surface area contributed by atoms with Crippen molar-refractivity contribution < 1.29 is 14.3 Å². The first kappa shape index (κ1) is 20.4. The summed E-state index contributed by atoms with van der Waals surface area (Å²) < 4.78 is 12.3. The number of hydrogen-bond donors (Lipinski definition) is 1. The Morgan fingerprint density at radius 1 is 0.909 bits per heavy atom. The zero-order valence-electron chi connectivity index (χ0n) is 18.0. The Balaban J connectivity index is 1.41. The molecule has 0 atom stereocenters. The fourth-order valence-electron chi connectivity index (χ4n) is 3.59. The van der Waals surface area contributed by atoms with E-state index < -0.39 is 0 Å². The van der Waals surface area contributed by atoms with Crippen LogP contribution in [0.1, 0.15) is 21.6 Å². The molecule has 4 heterocycles. The van der Waals surface area contributed by atoms with Crippen LogP contribution in [0.4, 0.5) is 5.69 Å². The van der Waals surface area contributed by atoms with Gasteiger partial charge in [0.15, 0.2) is 0 Å². The summed E-state index contributed by atoms with van der Waals surface area (Å²) in [5.74, 6) is 1.37. The number of nitrogens with zero attached hydrogens (tertiary/aromatic N) is 5. The van der Waals surface area contributed by atoms with Crippen LogP contribution in [0, 0.1) is 0 Å². The number of nitrogens with one attached hydrogen (secondary N) is 1. The quantitative estimate of drug-likeness (QED) is 0.431. The van der Waals surface area contributed by atoms with Crippen LogP contribution in [0.25, 0.3) is 16.8 Å². The smallest absolute Gasteiger partial charge is 0.274 e. The molecule has 33 heavy (non-hydrogen) atoms. The molecule has 0 fully saturated rings. The van der Waals surface area contributed by atoms with Gasteiger partial charge in [0.1, 0.15) is 17.2 Å². The van der Waals surface area contributed by atoms with Crippen LogP contribution in [0.5, 0.6) is 11.5 Å². The maximum absolute atomic E-state index is 12.7. The largest absolute Gasteiger partial charge is 0.495 e. The van der Waals surface area contributed by atoms with Gasteiger partial charge in [-0.2, -0.15) is 0 Å². The number of methoxy groups -OCH3 is 2. The minimum absolute atomic E-state index is 0.253. The molecule has 0 aliphatic heterocycles. The van der Waals surface area contributed by atoms with E-state index in [1.165, 1.54) is 0 Å². The summed E-state index contributed by atoms with van der Waals surface area (Å²) in [7, 11) is 3.17. The molecule has 164 valence electrons. The number of anilines is 1. The van der Waals surface area contributed by atoms with E-state index in [0.717, 1.165) is 27.9 Å². The van der Waals surface area contributed by atoms with Gasteiger partial charge in [-0.15, -0.1) is 0 Å². The summed E-state index contributed by atoms with van der Waals surface area (Å²) >= 11 is 0. The van der Waals surface area contributed by atoms with Crippen molar-refractivity contribution in [2.24, 2.45) is 0 Å². The summed E-state index contributed by atoms with van der Waals surface area (Å²) in [5, 5.41) is 2.78. The number of ether oxygens (including phenoxy) is 2. The predicted octanol–water partition coefficient (Wildman–Crippen LogP) is 3.53. The maximum Gasteiger partial charge on any atom is 0.274 e. The number of pyridine rings is 2. The van der Waals surface area contributed by atoms with Crippen molar-refractivity contribution in [3.63, 3.8) is 0 Å². The van der Waals surface area contributed by atoms with Gasteiger partial charge in [0.25, 0.3) is 5.91 Å². The highest BCUT2D eigenvalue weighted by atomic mass is 16.5. The topological polar surface area (TPSA) is 104 Å². The number of carbonyl (C=O) groups excluding carboxylic acids is 1. The molecule has 0 aliphatic carbocycles. The number of benzene rings is 1. The Kier molecular flexibility index (Phi) is 5.27. The van der Waals surface area contributed by atoms with Gasteiger partial charge >= 0.3 is 0 Å². The minimum atomic E-state index is -0.356. The van der Waals surface area contributed by atoms with Gasteiger partial charge < -0.3 is 14.8 Å². The van der Waals surface area contributed by atoms with Crippen molar-refractivity contribution in [2.75, 3.05) is 19.5 Å². The van der Waals surface area contributed by atoms with E-state index in [1.807, 2.05) is 34.9 Å². The summed E-state index contributed by atoms with van der Waals surface area (Å²) in [6, 6.07) is 11.4. The van der Waals surface area contributed by atoms with Crippen LogP contribution in [-0.4, -0.2) is 44.5 Å². The van der Waals surface area contributed by atoms with Crippen molar-refractivity contribution in [1.29, 1.82) is 0 Å². The molecule has 5 aromatic rings. The average molecular weight is 440 g/mol. The van der Waals surface area contributed by atoms with Crippen molar-refractivity contribution >= 4 is 28.4 Å². The van der Waals surface area contributed by atoms with Crippen molar-refractivity contribution in [2.45, 2.75) is 6.42 Å². The average Bonchev–Trinajstić information content (AvgIpc) is 3.21. The standard InChI is InChI=1S/C24H20N6O3/c1-32-18-8-16(11-25-13-18)7-15-3-4-22-21(9-15)29-24-28-20(5-6-30(22)24)23(31)27-17-10-19(33-2)14-26-12-17/h3-6,8-14H,7H2,1-2H3,(H,27,31). The van der Waals surface area contributed by atoms with E-state index in [1.54, 1.807) is 51.1 Å². The Bertz CT molecular complexity index is 1480. The maximum atomic E-state index is 12.7. The van der Waals surface area contributed by atoms with E-state index in [4.69, 9.17) is 9.47 Å². The third kappa shape index (κ3) is 4.16. The van der Waals surface area contributed by atoms with Crippen LogP contribution in [0.15, 0.2) is 67.4 Å². The first-order chi connectivity index (χ1) is 16.1. The van der Waals surface area contributed by atoms with Gasteiger partial charge in [-0.3, -0.25) is 19.2 Å². The lowest BCUT2D eigenvalue weighted by molar-refractivity contribution is 0.102. The highest BCUT2D eigenvalue weighted by molar-refractivity contribution is 6.03. The normalized spacial score (nSPS) is 11.0. The lowest BCUT2D eigenvalue weighted by Crippen LogP contribution is -2.14. The minimum Gasteiger partial charge on any atom is -0.495 e. The molecule has 0 saturated heterocycles. The zero-order valence-corrected chi connectivity index (χ0v) is 18.0. The Morgan fingerprint density at radius 3 is 2.52 bits per heavy atom. The SMILES string of the molecule is COc1cncc(Cc2ccc3c(c2)nc2nc(C(=O)Nc4cncc(OC)c4)ccn23)c1. The zero-order chi connectivity index (χ0) is 22.8. The summed E-state index contributed by atoms with van der Waals surface area (Å²) in [6.07, 6.45) is 9.10. The number of rotatable bonds is 6. The van der Waals surface area contributed by atoms with Gasteiger partial charge in [0.2, 0.25) is 5.78 Å². The van der Waals surface area contributed by atoms with Crippen molar-refractivity contribution in [1.82, 2.24) is 24.3 Å². The van der Waals surface area contributed by atoms with Crippen LogP contribution in [0.3, 0.4) is 0 Å². The van der Waals surface area contributed by atoms with E-state index in [2.05, 4.69) is 25.3 Å². The van der Waals surface area contributed by atoms with Crippen LogP contribution in [0.2, 0.25) is 0 Å². The molecule has 1 amide bonds. The van der Waals surface area contributed by atoms with Crippen molar-refractivity contribution in [3.8, 4) is 11.5 Å². The molecule has 0 bridgehead atoms. The van der Waals surface area contributed by atoms with Gasteiger partial charge in [0, 0.05) is 18.5 Å². The van der Waals surface area contributed by atoms with Crippen molar-refractivity contribution in [3.05, 3.63) is 84.2 Å². The molecule has 5 rings (SSSR count). The summed E-state index contributed by atoms with van der Waals surface area (Å²) in [4.78, 5) is 30.0. The molecule has 0 radical (unpaired) electrons. The summed E-state index contributed by atoms with van der Waals surface area (Å²) in [6.45, 7) is 0. The van der Waals surface area contributed by atoms with E-state index in [9.17, 15) is 4.79 Å². The monoisotopic (exact) mass is 440 g/mol. The highest BCUT2D eigenvalue weighted by Crippen LogP contribution is 2.21. The molecule has 0 unspecified atom stereocenters. The van der Waals surface area contributed by atoms with Gasteiger partial charge in [-0.05, 0) is 41.8 Å². The fourth-order valence-corrected chi connectivity index (χ4v) is 3.59. The first-order valence-electron chi connectivity index (χ1n) is 10.2. The van der Waals surface area contributed by atoms with Gasteiger partial charge in [0.05, 0.1) is 49.5 Å². The molecule has 4 aromatic heterocycles. The Morgan fingerprint density at radius 2 is 1.70 bits per heavy atom. The van der Waals surface area contributed by atoms with E-state index in [0.29, 0.717) is 23.6 Å². The van der Waals surface area contributed by atoms with Crippen LogP contribution in [-0.2, 0) is 6.42 Å². The van der Waals surface area contributed by atoms with E-state index in [-0.39, 0.29) is 11.6 Å². The van der Waals surface area contributed by atoms with Crippen LogP contribution >= 0.6 is 0 Å². The number of hydrogen-bond acceptors (Lipinski definition) is 7. The third-order valence-electron chi connectivity index (χ3n) is 5.19. The molecule has 1 aromatic carbocycles. The number of aromatic nitrogens is 5. The second-order valence-electron chi connectivity index (χ2n) is 7.40. The Hall–Kier alpha value is -4.53. The lowest BCUT2D eigenvalue weighted by Gasteiger charge is -2.06. The van der Waals surface area contributed by atoms with E-state index >= 15 is 0 Å². The highest BCUT2D eigenvalue weighted by Gasteiger charge is 2.13. The first-order valence-corrected chi connectivity index (χ1v) is 10.2. The molecular weight excluding hydrogens is 420 g/mol. The number of amides is 1. The molecule has 1 N–H and O–H groups in total. The van der Waals surface area contributed by atoms with Gasteiger partial charge in [-0.1, -0.05) is 6.07 Å². The number of fused-ring (bicyclic) bond motifs is 3. The lowest BCUT2D eigenvalue weighted by atomic mass is 10.1. The molecular formula is C24H20N6O3. The summed E-state index contributed by atoms with van der Waals surface area (Å²) in [5.41, 5.74) is 4.61. The molecule has 0 spiro atoms. The molecule has 9 heteroatoms. The number of carbonyl (C=O) groups is 1. The Labute approximate surface area is 189 Å². The predicted molar refractivity (Wildman–Crippen MR) is 123 cm³/mol. The molecule has 0 aliphatic rings. The van der Waals surface area contributed by atoms with Gasteiger partial charge in [-0.25, -0.2) is 9.97 Å². The number of imidazole rings is 1. The fraction of sp³-hybridized carbons (Fsp3) is 0.125. The third-order valence-corrected chi connectivity index (χ3v) is 5.19. The molecule has 9 nitrogen and oxygen atoms in total.